The first kappa shape index (κ1) is 19.4. The number of rotatable bonds is 10. The van der Waals surface area contributed by atoms with Crippen molar-refractivity contribution in [2.24, 2.45) is 0 Å². The minimum absolute atomic E-state index is 0.229. The largest absolute Gasteiger partial charge is 0.454 e. The number of fused-ring (bicyclic) bond motifs is 1. The average molecular weight is 373 g/mol. The summed E-state index contributed by atoms with van der Waals surface area (Å²) in [7, 11) is 0. The van der Waals surface area contributed by atoms with Gasteiger partial charge in [-0.2, -0.15) is 0 Å². The molecule has 0 saturated carbocycles. The van der Waals surface area contributed by atoms with Crippen molar-refractivity contribution >= 4 is 0 Å². The molecule has 2 aromatic carbocycles. The van der Waals surface area contributed by atoms with Gasteiger partial charge in [0.15, 0.2) is 11.5 Å². The first-order chi connectivity index (χ1) is 13.1. The maximum Gasteiger partial charge on any atom is 0.231 e. The van der Waals surface area contributed by atoms with Crippen molar-refractivity contribution in [3.05, 3.63) is 72.1 Å². The Morgan fingerprint density at radius 3 is 2.59 bits per heavy atom. The molecule has 27 heavy (non-hydrogen) atoms. The quantitative estimate of drug-likeness (QED) is 0.512. The third-order valence-electron chi connectivity index (χ3n) is 4.18. The molecule has 2 aromatic rings. The van der Waals surface area contributed by atoms with E-state index in [9.17, 15) is 9.50 Å². The summed E-state index contributed by atoms with van der Waals surface area (Å²) in [5, 5.41) is 10.3. The van der Waals surface area contributed by atoms with Gasteiger partial charge in [-0.3, -0.25) is 4.90 Å². The molecular weight excluding hydrogens is 349 g/mol. The van der Waals surface area contributed by atoms with Crippen LogP contribution in [0, 0.1) is 5.82 Å². The number of hydrogen-bond acceptors (Lipinski definition) is 5. The van der Waals surface area contributed by atoms with Crippen LogP contribution in [0.4, 0.5) is 4.39 Å². The molecule has 0 bridgehead atoms. The zero-order chi connectivity index (χ0) is 19.1. The molecule has 0 spiro atoms. The lowest BCUT2D eigenvalue weighted by atomic mass is 10.1. The average Bonchev–Trinajstić information content (AvgIpc) is 3.11. The van der Waals surface area contributed by atoms with Gasteiger partial charge in [0.2, 0.25) is 6.79 Å². The van der Waals surface area contributed by atoms with E-state index in [-0.39, 0.29) is 19.2 Å². The number of halogens is 1. The Hall–Kier alpha value is -2.41. The summed E-state index contributed by atoms with van der Waals surface area (Å²) in [6, 6.07) is 12.2. The number of aliphatic hydroxyl groups excluding tert-OH is 1. The lowest BCUT2D eigenvalue weighted by molar-refractivity contribution is 0.0228. The molecule has 1 N–H and O–H groups in total. The first-order valence-corrected chi connectivity index (χ1v) is 8.86. The molecule has 1 aliphatic rings. The third kappa shape index (κ3) is 5.79. The Bertz CT molecular complexity index is 750. The van der Waals surface area contributed by atoms with E-state index in [2.05, 4.69) is 11.5 Å². The van der Waals surface area contributed by atoms with Crippen molar-refractivity contribution < 1.29 is 23.7 Å². The number of benzene rings is 2. The van der Waals surface area contributed by atoms with E-state index in [1.54, 1.807) is 18.2 Å². The van der Waals surface area contributed by atoms with Gasteiger partial charge in [0, 0.05) is 19.6 Å². The second kappa shape index (κ2) is 9.50. The molecule has 0 amide bonds. The molecule has 0 saturated heterocycles. The summed E-state index contributed by atoms with van der Waals surface area (Å²) in [6.07, 6.45) is 1.01. The molecule has 1 heterocycles. The zero-order valence-electron chi connectivity index (χ0n) is 15.1. The molecule has 0 aliphatic carbocycles. The van der Waals surface area contributed by atoms with Gasteiger partial charge in [-0.1, -0.05) is 24.3 Å². The van der Waals surface area contributed by atoms with Gasteiger partial charge in [0.1, 0.15) is 5.82 Å². The Labute approximate surface area is 158 Å². The van der Waals surface area contributed by atoms with E-state index >= 15 is 0 Å². The molecular formula is C21H24FNO4. The van der Waals surface area contributed by atoms with E-state index < -0.39 is 6.10 Å². The molecule has 0 aromatic heterocycles. The van der Waals surface area contributed by atoms with E-state index in [1.165, 1.54) is 12.1 Å². The topological polar surface area (TPSA) is 51.2 Å². The highest BCUT2D eigenvalue weighted by Gasteiger charge is 2.17. The lowest BCUT2D eigenvalue weighted by Gasteiger charge is -2.25. The molecule has 1 atom stereocenters. The Kier molecular flexibility index (Phi) is 6.81. The van der Waals surface area contributed by atoms with E-state index in [0.717, 1.165) is 22.6 Å². The SMILES string of the molecule is C=CCOC[C@H](O)CN(Cc1ccc(F)cc1)Cc1ccc2c(c1)OCO2. The number of aliphatic hydroxyl groups is 1. The second-order valence-corrected chi connectivity index (χ2v) is 6.46. The van der Waals surface area contributed by atoms with Crippen LogP contribution in [0.5, 0.6) is 11.5 Å². The fourth-order valence-electron chi connectivity index (χ4n) is 2.97. The van der Waals surface area contributed by atoms with Gasteiger partial charge in [0.25, 0.3) is 0 Å². The van der Waals surface area contributed by atoms with Gasteiger partial charge in [-0.15, -0.1) is 6.58 Å². The lowest BCUT2D eigenvalue weighted by Crippen LogP contribution is -2.34. The fraction of sp³-hybridized carbons (Fsp3) is 0.333. The van der Waals surface area contributed by atoms with Gasteiger partial charge >= 0.3 is 0 Å². The number of hydrogen-bond donors (Lipinski definition) is 1. The van der Waals surface area contributed by atoms with Gasteiger partial charge < -0.3 is 19.3 Å². The molecule has 144 valence electrons. The van der Waals surface area contributed by atoms with Crippen LogP contribution in [-0.4, -0.2) is 42.7 Å². The van der Waals surface area contributed by atoms with Crippen LogP contribution in [0.3, 0.4) is 0 Å². The maximum atomic E-state index is 13.2. The highest BCUT2D eigenvalue weighted by atomic mass is 19.1. The normalized spacial score (nSPS) is 13.7. The minimum Gasteiger partial charge on any atom is -0.454 e. The third-order valence-corrected chi connectivity index (χ3v) is 4.18. The summed E-state index contributed by atoms with van der Waals surface area (Å²) in [4.78, 5) is 2.09. The molecule has 3 rings (SSSR count). The predicted octanol–water partition coefficient (Wildman–Crippen LogP) is 3.12. The maximum absolute atomic E-state index is 13.2. The van der Waals surface area contributed by atoms with Crippen molar-refractivity contribution in [3.8, 4) is 11.5 Å². The van der Waals surface area contributed by atoms with Gasteiger partial charge in [-0.05, 0) is 35.4 Å². The summed E-state index contributed by atoms with van der Waals surface area (Å²) in [5.41, 5.74) is 2.01. The molecule has 0 unspecified atom stereocenters. The summed E-state index contributed by atoms with van der Waals surface area (Å²) in [5.74, 6) is 1.20. The van der Waals surface area contributed by atoms with Gasteiger partial charge in [-0.25, -0.2) is 4.39 Å². The molecule has 1 aliphatic heterocycles. The van der Waals surface area contributed by atoms with Crippen molar-refractivity contribution in [3.63, 3.8) is 0 Å². The second-order valence-electron chi connectivity index (χ2n) is 6.46. The summed E-state index contributed by atoms with van der Waals surface area (Å²) >= 11 is 0. The highest BCUT2D eigenvalue weighted by molar-refractivity contribution is 5.44. The molecule has 6 heteroatoms. The molecule has 0 radical (unpaired) electrons. The van der Waals surface area contributed by atoms with Crippen LogP contribution in [0.2, 0.25) is 0 Å². The van der Waals surface area contributed by atoms with Crippen LogP contribution in [0.15, 0.2) is 55.1 Å². The standard InChI is InChI=1S/C21H24FNO4/c1-2-9-25-14-19(24)13-23(11-16-3-6-18(22)7-4-16)12-17-5-8-20-21(10-17)27-15-26-20/h2-8,10,19,24H,1,9,11-15H2/t19-/m1/s1. The van der Waals surface area contributed by atoms with Crippen molar-refractivity contribution in [2.75, 3.05) is 26.6 Å². The minimum atomic E-state index is -0.639. The van der Waals surface area contributed by atoms with Crippen LogP contribution in [0.25, 0.3) is 0 Å². The molecule has 0 fully saturated rings. The van der Waals surface area contributed by atoms with Crippen molar-refractivity contribution in [1.29, 1.82) is 0 Å². The molecule has 5 nitrogen and oxygen atoms in total. The van der Waals surface area contributed by atoms with Crippen LogP contribution >= 0.6 is 0 Å². The van der Waals surface area contributed by atoms with Crippen molar-refractivity contribution in [1.82, 2.24) is 4.90 Å². The predicted molar refractivity (Wildman–Crippen MR) is 100 cm³/mol. The summed E-state index contributed by atoms with van der Waals surface area (Å²) in [6.45, 7) is 6.06. The van der Waals surface area contributed by atoms with Gasteiger partial charge in [0.05, 0.1) is 19.3 Å². The number of nitrogens with zero attached hydrogens (tertiary/aromatic N) is 1. The Morgan fingerprint density at radius 1 is 1.11 bits per heavy atom. The fourth-order valence-corrected chi connectivity index (χ4v) is 2.97. The van der Waals surface area contributed by atoms with E-state index in [0.29, 0.717) is 26.2 Å². The van der Waals surface area contributed by atoms with Crippen LogP contribution < -0.4 is 9.47 Å². The first-order valence-electron chi connectivity index (χ1n) is 8.86. The Morgan fingerprint density at radius 2 is 1.81 bits per heavy atom. The van der Waals surface area contributed by atoms with Crippen LogP contribution in [-0.2, 0) is 17.8 Å². The van der Waals surface area contributed by atoms with Crippen molar-refractivity contribution in [2.45, 2.75) is 19.2 Å². The number of ether oxygens (including phenoxy) is 3. The van der Waals surface area contributed by atoms with E-state index in [4.69, 9.17) is 14.2 Å². The smallest absolute Gasteiger partial charge is 0.231 e. The highest BCUT2D eigenvalue weighted by Crippen LogP contribution is 2.32. The zero-order valence-corrected chi connectivity index (χ0v) is 15.1. The Balaban J connectivity index is 1.68. The van der Waals surface area contributed by atoms with Crippen LogP contribution in [0.1, 0.15) is 11.1 Å². The monoisotopic (exact) mass is 373 g/mol. The van der Waals surface area contributed by atoms with E-state index in [1.807, 2.05) is 18.2 Å². The summed E-state index contributed by atoms with van der Waals surface area (Å²) < 4.78 is 29.3.